The van der Waals surface area contributed by atoms with Crippen LogP contribution in [0.15, 0.2) is 28.4 Å². The van der Waals surface area contributed by atoms with Crippen molar-refractivity contribution in [2.75, 3.05) is 0 Å². The second-order valence-electron chi connectivity index (χ2n) is 3.55. The Morgan fingerprint density at radius 2 is 2.06 bits per heavy atom. The molecule has 0 fully saturated rings. The molecule has 0 N–H and O–H groups in total. The third-order valence-electron chi connectivity index (χ3n) is 2.30. The van der Waals surface area contributed by atoms with Gasteiger partial charge in [-0.3, -0.25) is 10.1 Å². The monoisotopic (exact) mass is 323 g/mol. The summed E-state index contributed by atoms with van der Waals surface area (Å²) in [5, 5.41) is 10.7. The Morgan fingerprint density at radius 3 is 2.61 bits per heavy atom. The second kappa shape index (κ2) is 4.27. The molecule has 96 valence electrons. The summed E-state index contributed by atoms with van der Waals surface area (Å²) >= 11 is 3.13. The Labute approximate surface area is 107 Å². The summed E-state index contributed by atoms with van der Waals surface area (Å²) in [6.45, 7) is 0. The molecule has 8 heteroatoms. The quantitative estimate of drug-likeness (QED) is 0.588. The van der Waals surface area contributed by atoms with E-state index in [1.807, 2.05) is 0 Å². The van der Waals surface area contributed by atoms with Gasteiger partial charge in [0.1, 0.15) is 5.75 Å². The van der Waals surface area contributed by atoms with Crippen LogP contribution in [0, 0.1) is 10.1 Å². The first kappa shape index (κ1) is 12.9. The number of benzene rings is 1. The van der Waals surface area contributed by atoms with Crippen LogP contribution in [0.1, 0.15) is 5.56 Å². The molecule has 1 heterocycles. The van der Waals surface area contributed by atoms with Crippen LogP contribution in [-0.4, -0.2) is 17.2 Å². The van der Waals surface area contributed by atoms with E-state index in [0.29, 0.717) is 4.47 Å². The van der Waals surface area contributed by atoms with E-state index >= 15 is 0 Å². The number of alkyl halides is 3. The van der Waals surface area contributed by atoms with E-state index in [0.717, 1.165) is 6.08 Å². The first-order valence-corrected chi connectivity index (χ1v) is 5.47. The summed E-state index contributed by atoms with van der Waals surface area (Å²) in [4.78, 5) is 9.57. The smallest absolute Gasteiger partial charge is 0.436 e. The summed E-state index contributed by atoms with van der Waals surface area (Å²) in [7, 11) is 0. The zero-order valence-corrected chi connectivity index (χ0v) is 10.2. The first-order chi connectivity index (χ1) is 8.29. The van der Waals surface area contributed by atoms with Gasteiger partial charge < -0.3 is 4.74 Å². The van der Waals surface area contributed by atoms with Crippen LogP contribution in [0.25, 0.3) is 6.08 Å². The number of nitrogens with zero attached hydrogens (tertiary/aromatic N) is 1. The largest absolute Gasteiger partial charge is 0.469 e. The predicted molar refractivity (Wildman–Crippen MR) is 59.6 cm³/mol. The highest BCUT2D eigenvalue weighted by molar-refractivity contribution is 9.10. The molecule has 0 aliphatic carbocycles. The number of ether oxygens (including phenoxy) is 1. The number of fused-ring (bicyclic) bond motifs is 1. The van der Waals surface area contributed by atoms with Gasteiger partial charge in [-0.2, -0.15) is 13.2 Å². The molecule has 1 aliphatic heterocycles. The van der Waals surface area contributed by atoms with Crippen molar-refractivity contribution in [1.82, 2.24) is 0 Å². The van der Waals surface area contributed by atoms with Gasteiger partial charge in [0, 0.05) is 16.1 Å². The Bertz CT molecular complexity index is 542. The average Bonchev–Trinajstić information content (AvgIpc) is 2.25. The maximum Gasteiger partial charge on any atom is 0.436 e. The lowest BCUT2D eigenvalue weighted by Crippen LogP contribution is -2.40. The van der Waals surface area contributed by atoms with Crippen LogP contribution < -0.4 is 4.74 Å². The van der Waals surface area contributed by atoms with E-state index in [-0.39, 0.29) is 11.3 Å². The minimum atomic E-state index is -4.83. The summed E-state index contributed by atoms with van der Waals surface area (Å²) < 4.78 is 43.2. The van der Waals surface area contributed by atoms with Crippen molar-refractivity contribution < 1.29 is 22.8 Å². The highest BCUT2D eigenvalue weighted by Crippen LogP contribution is 2.38. The van der Waals surface area contributed by atoms with Crippen LogP contribution in [-0.2, 0) is 0 Å². The second-order valence-corrected chi connectivity index (χ2v) is 4.46. The molecular formula is C10H5BrF3NO3. The van der Waals surface area contributed by atoms with E-state index in [1.54, 1.807) is 0 Å². The number of hydrogen-bond donors (Lipinski definition) is 0. The number of hydrogen-bond acceptors (Lipinski definition) is 3. The molecule has 1 aromatic rings. The van der Waals surface area contributed by atoms with Crippen molar-refractivity contribution in [2.45, 2.75) is 12.3 Å². The average molecular weight is 324 g/mol. The van der Waals surface area contributed by atoms with Crippen LogP contribution in [0.3, 0.4) is 0 Å². The maximum absolute atomic E-state index is 12.6. The van der Waals surface area contributed by atoms with Gasteiger partial charge >= 0.3 is 6.18 Å². The molecular weight excluding hydrogens is 319 g/mol. The lowest BCUT2D eigenvalue weighted by Gasteiger charge is -2.24. The van der Waals surface area contributed by atoms with Crippen molar-refractivity contribution in [1.29, 1.82) is 0 Å². The Hall–Kier alpha value is -1.57. The van der Waals surface area contributed by atoms with Gasteiger partial charge in [-0.1, -0.05) is 15.9 Å². The highest BCUT2D eigenvalue weighted by Gasteiger charge is 2.51. The lowest BCUT2D eigenvalue weighted by molar-refractivity contribution is -0.443. The van der Waals surface area contributed by atoms with E-state index in [2.05, 4.69) is 20.7 Å². The van der Waals surface area contributed by atoms with Crippen LogP contribution >= 0.6 is 15.9 Å². The van der Waals surface area contributed by atoms with Gasteiger partial charge in [0.15, 0.2) is 0 Å². The zero-order valence-electron chi connectivity index (χ0n) is 8.57. The first-order valence-electron chi connectivity index (χ1n) is 4.68. The fraction of sp³-hybridized carbons (Fsp3) is 0.200. The Morgan fingerprint density at radius 1 is 1.39 bits per heavy atom. The third kappa shape index (κ3) is 2.33. The van der Waals surface area contributed by atoms with Crippen LogP contribution in [0.4, 0.5) is 13.2 Å². The number of nitro groups is 1. The van der Waals surface area contributed by atoms with E-state index in [4.69, 9.17) is 0 Å². The number of halogens is 4. The van der Waals surface area contributed by atoms with Crippen LogP contribution in [0.5, 0.6) is 5.75 Å². The highest BCUT2D eigenvalue weighted by atomic mass is 79.9. The van der Waals surface area contributed by atoms with Crippen molar-refractivity contribution in [3.05, 3.63) is 44.0 Å². The predicted octanol–water partition coefficient (Wildman–Crippen LogP) is 3.39. The molecule has 0 aromatic heterocycles. The molecule has 0 bridgehead atoms. The molecule has 2 rings (SSSR count). The molecule has 0 saturated carbocycles. The molecule has 0 unspecified atom stereocenters. The Balaban J connectivity index is 2.53. The van der Waals surface area contributed by atoms with E-state index in [1.165, 1.54) is 18.2 Å². The minimum Gasteiger partial charge on any atom is -0.469 e. The Kier molecular flexibility index (Phi) is 3.05. The standard InChI is InChI=1S/C10H5BrF3NO3/c11-6-1-2-8-5(3-6)4-7(15(16)17)9(18-8)10(12,13)14/h1-4,9H/t9-/m0/s1. The van der Waals surface area contributed by atoms with Crippen LogP contribution in [0.2, 0.25) is 0 Å². The molecule has 4 nitrogen and oxygen atoms in total. The SMILES string of the molecule is O=[N+]([O-])C1=Cc2cc(Br)ccc2O[C@@H]1C(F)(F)F. The third-order valence-corrected chi connectivity index (χ3v) is 2.79. The topological polar surface area (TPSA) is 52.4 Å². The molecule has 0 saturated heterocycles. The van der Waals surface area contributed by atoms with Gasteiger partial charge in [0.25, 0.3) is 11.8 Å². The molecule has 0 amide bonds. The molecule has 1 atom stereocenters. The molecule has 0 radical (unpaired) electrons. The van der Waals surface area contributed by atoms with Gasteiger partial charge in [-0.15, -0.1) is 0 Å². The van der Waals surface area contributed by atoms with Crippen molar-refractivity contribution >= 4 is 22.0 Å². The summed E-state index contributed by atoms with van der Waals surface area (Å²) in [5.74, 6) is -0.0360. The maximum atomic E-state index is 12.6. The fourth-order valence-corrected chi connectivity index (χ4v) is 1.92. The van der Waals surface area contributed by atoms with Gasteiger partial charge in [-0.05, 0) is 18.2 Å². The molecule has 1 aliphatic rings. The van der Waals surface area contributed by atoms with Crippen molar-refractivity contribution in [2.24, 2.45) is 0 Å². The molecule has 0 spiro atoms. The zero-order chi connectivity index (χ0) is 13.5. The van der Waals surface area contributed by atoms with Crippen molar-refractivity contribution in [3.63, 3.8) is 0 Å². The molecule has 1 aromatic carbocycles. The lowest BCUT2D eigenvalue weighted by atomic mass is 10.1. The summed E-state index contributed by atoms with van der Waals surface area (Å²) in [5.41, 5.74) is -0.787. The van der Waals surface area contributed by atoms with E-state index < -0.39 is 22.9 Å². The van der Waals surface area contributed by atoms with Gasteiger partial charge in [0.05, 0.1) is 4.92 Å². The fourth-order valence-electron chi connectivity index (χ4n) is 1.54. The van der Waals surface area contributed by atoms with Crippen molar-refractivity contribution in [3.8, 4) is 5.75 Å². The molecule has 18 heavy (non-hydrogen) atoms. The summed E-state index contributed by atoms with van der Waals surface area (Å²) in [6.07, 6.45) is -6.49. The van der Waals surface area contributed by atoms with E-state index in [9.17, 15) is 23.3 Å². The van der Waals surface area contributed by atoms with Gasteiger partial charge in [0.2, 0.25) is 0 Å². The van der Waals surface area contributed by atoms with Gasteiger partial charge in [-0.25, -0.2) is 0 Å². The summed E-state index contributed by atoms with van der Waals surface area (Å²) in [6, 6.07) is 4.27. The minimum absolute atomic E-state index is 0.0360. The number of rotatable bonds is 1. The normalized spacial score (nSPS) is 18.7.